The van der Waals surface area contributed by atoms with Crippen LogP contribution in [0.3, 0.4) is 0 Å². The largest absolute Gasteiger partial charge is 0.460 e. The summed E-state index contributed by atoms with van der Waals surface area (Å²) in [4.78, 5) is 4.08. The molecule has 0 saturated carbocycles. The van der Waals surface area contributed by atoms with E-state index in [-0.39, 0.29) is 5.15 Å². The predicted octanol–water partition coefficient (Wildman–Crippen LogP) is 3.18. The van der Waals surface area contributed by atoms with E-state index in [9.17, 15) is 0 Å². The lowest BCUT2D eigenvalue weighted by molar-refractivity contribution is 0.546. The average Bonchev–Trinajstić information content (AvgIpc) is 2.65. The van der Waals surface area contributed by atoms with E-state index in [2.05, 4.69) is 4.98 Å². The van der Waals surface area contributed by atoms with Crippen molar-refractivity contribution < 1.29 is 4.42 Å². The second-order valence-electron chi connectivity index (χ2n) is 3.06. The van der Waals surface area contributed by atoms with E-state index >= 15 is 0 Å². The van der Waals surface area contributed by atoms with E-state index in [0.29, 0.717) is 17.0 Å². The summed E-state index contributed by atoms with van der Waals surface area (Å²) in [7, 11) is 0. The van der Waals surface area contributed by atoms with Crippen molar-refractivity contribution in [3.63, 3.8) is 0 Å². The Balaban J connectivity index is 2.48. The van der Waals surface area contributed by atoms with E-state index in [1.807, 2.05) is 25.1 Å². The van der Waals surface area contributed by atoms with Crippen molar-refractivity contribution in [2.24, 2.45) is 0 Å². The Hall–Kier alpha value is -1.79. The molecule has 4 heteroatoms. The van der Waals surface area contributed by atoms with Gasteiger partial charge in [0.25, 0.3) is 0 Å². The van der Waals surface area contributed by atoms with Gasteiger partial charge >= 0.3 is 0 Å². The first-order valence-electron chi connectivity index (χ1n) is 4.34. The highest BCUT2D eigenvalue weighted by Crippen LogP contribution is 2.23. The molecule has 2 rings (SSSR count). The fourth-order valence-corrected chi connectivity index (χ4v) is 1.42. The molecule has 2 heterocycles. The summed E-state index contributed by atoms with van der Waals surface area (Å²) >= 11 is 5.81. The molecule has 0 N–H and O–H groups in total. The molecule has 3 nitrogen and oxygen atoms in total. The van der Waals surface area contributed by atoms with Crippen LogP contribution in [0.1, 0.15) is 11.3 Å². The zero-order chi connectivity index (χ0) is 10.8. The Morgan fingerprint density at radius 1 is 1.33 bits per heavy atom. The normalized spacial score (nSPS) is 9.93. The lowest BCUT2D eigenvalue weighted by Gasteiger charge is -1.98. The highest BCUT2D eigenvalue weighted by atomic mass is 35.5. The Bertz CT molecular complexity index is 540. The summed E-state index contributed by atoms with van der Waals surface area (Å²) in [5, 5.41) is 8.88. The Morgan fingerprint density at radius 2 is 2.13 bits per heavy atom. The van der Waals surface area contributed by atoms with Crippen molar-refractivity contribution in [3.8, 4) is 17.5 Å². The maximum Gasteiger partial charge on any atom is 0.152 e. The number of halogens is 1. The van der Waals surface area contributed by atoms with E-state index in [1.54, 1.807) is 12.1 Å². The summed E-state index contributed by atoms with van der Waals surface area (Å²) in [6.45, 7) is 1.86. The number of aromatic nitrogens is 1. The Kier molecular flexibility index (Phi) is 2.44. The second-order valence-corrected chi connectivity index (χ2v) is 3.41. The first kappa shape index (κ1) is 9.75. The van der Waals surface area contributed by atoms with Crippen LogP contribution in [0.4, 0.5) is 0 Å². The molecule has 0 aliphatic rings. The minimum absolute atomic E-state index is 0.198. The van der Waals surface area contributed by atoms with Gasteiger partial charge < -0.3 is 4.42 Å². The molecule has 0 atom stereocenters. The van der Waals surface area contributed by atoms with Gasteiger partial charge in [0, 0.05) is 0 Å². The van der Waals surface area contributed by atoms with Crippen molar-refractivity contribution in [3.05, 3.63) is 40.7 Å². The van der Waals surface area contributed by atoms with Crippen molar-refractivity contribution in [2.75, 3.05) is 0 Å². The number of hydrogen-bond acceptors (Lipinski definition) is 3. The summed E-state index contributed by atoms with van der Waals surface area (Å²) in [6, 6.07) is 8.96. The van der Waals surface area contributed by atoms with Crippen molar-refractivity contribution in [1.82, 2.24) is 4.98 Å². The number of pyridine rings is 1. The molecule has 74 valence electrons. The van der Waals surface area contributed by atoms with Gasteiger partial charge in [-0.1, -0.05) is 11.6 Å². The van der Waals surface area contributed by atoms with Gasteiger partial charge in [-0.25, -0.2) is 4.98 Å². The highest BCUT2D eigenvalue weighted by Gasteiger charge is 2.07. The van der Waals surface area contributed by atoms with Gasteiger partial charge in [0.05, 0.1) is 5.56 Å². The molecule has 15 heavy (non-hydrogen) atoms. The number of nitriles is 1. The molecular formula is C11H7ClN2O. The monoisotopic (exact) mass is 218 g/mol. The number of furan rings is 1. The van der Waals surface area contributed by atoms with Gasteiger partial charge in [-0.3, -0.25) is 0 Å². The van der Waals surface area contributed by atoms with Crippen molar-refractivity contribution in [1.29, 1.82) is 5.26 Å². The van der Waals surface area contributed by atoms with Gasteiger partial charge in [-0.2, -0.15) is 5.26 Å². The zero-order valence-electron chi connectivity index (χ0n) is 7.99. The van der Waals surface area contributed by atoms with Crippen molar-refractivity contribution >= 4 is 11.6 Å². The van der Waals surface area contributed by atoms with Crippen molar-refractivity contribution in [2.45, 2.75) is 6.92 Å². The fraction of sp³-hybridized carbons (Fsp3) is 0.0909. The first-order chi connectivity index (χ1) is 7.20. The van der Waals surface area contributed by atoms with E-state index < -0.39 is 0 Å². The van der Waals surface area contributed by atoms with Gasteiger partial charge in [-0.15, -0.1) is 0 Å². The van der Waals surface area contributed by atoms with Gasteiger partial charge in [0.15, 0.2) is 5.76 Å². The van der Waals surface area contributed by atoms with Crippen LogP contribution in [0, 0.1) is 18.3 Å². The molecule has 0 fully saturated rings. The van der Waals surface area contributed by atoms with Crippen LogP contribution in [0.2, 0.25) is 5.15 Å². The van der Waals surface area contributed by atoms with Crippen LogP contribution < -0.4 is 0 Å². The summed E-state index contributed by atoms with van der Waals surface area (Å²) in [6.07, 6.45) is 0. The van der Waals surface area contributed by atoms with Crippen LogP contribution in [-0.4, -0.2) is 4.98 Å². The summed E-state index contributed by atoms with van der Waals surface area (Å²) < 4.78 is 5.39. The molecule has 2 aromatic rings. The highest BCUT2D eigenvalue weighted by molar-refractivity contribution is 6.30. The van der Waals surface area contributed by atoms with Crippen LogP contribution in [0.25, 0.3) is 11.5 Å². The maximum absolute atomic E-state index is 8.69. The fourth-order valence-electron chi connectivity index (χ4n) is 1.23. The predicted molar refractivity (Wildman–Crippen MR) is 56.4 cm³/mol. The zero-order valence-corrected chi connectivity index (χ0v) is 8.75. The molecule has 0 unspecified atom stereocenters. The number of nitrogens with zero attached hydrogens (tertiary/aromatic N) is 2. The molecule has 0 aliphatic heterocycles. The molecule has 0 aromatic carbocycles. The second kappa shape index (κ2) is 3.76. The molecule has 0 bridgehead atoms. The maximum atomic E-state index is 8.69. The van der Waals surface area contributed by atoms with Gasteiger partial charge in [-0.05, 0) is 31.2 Å². The number of rotatable bonds is 1. The standard InChI is InChI=1S/C11H7ClN2O/c1-7-2-5-10(15-7)9-4-3-8(6-13)11(12)14-9/h2-5H,1H3. The molecule has 0 spiro atoms. The summed E-state index contributed by atoms with van der Waals surface area (Å²) in [5.41, 5.74) is 0.996. The third-order valence-corrected chi connectivity index (χ3v) is 2.25. The average molecular weight is 219 g/mol. The SMILES string of the molecule is Cc1ccc(-c2ccc(C#N)c(Cl)n2)o1. The van der Waals surface area contributed by atoms with Crippen LogP contribution in [0.15, 0.2) is 28.7 Å². The molecule has 0 radical (unpaired) electrons. The third kappa shape index (κ3) is 1.85. The smallest absolute Gasteiger partial charge is 0.152 e. The topological polar surface area (TPSA) is 49.8 Å². The molecular weight excluding hydrogens is 212 g/mol. The van der Waals surface area contributed by atoms with Gasteiger partial charge in [0.2, 0.25) is 0 Å². The van der Waals surface area contributed by atoms with E-state index in [0.717, 1.165) is 5.76 Å². The third-order valence-electron chi connectivity index (χ3n) is 1.96. The molecule has 2 aromatic heterocycles. The van der Waals surface area contributed by atoms with Gasteiger partial charge in [0.1, 0.15) is 22.7 Å². The van der Waals surface area contributed by atoms with Crippen LogP contribution >= 0.6 is 11.6 Å². The number of hydrogen-bond donors (Lipinski definition) is 0. The molecule has 0 saturated heterocycles. The van der Waals surface area contributed by atoms with Crippen LogP contribution in [0.5, 0.6) is 0 Å². The Labute approximate surface area is 91.9 Å². The minimum atomic E-state index is 0.198. The quantitative estimate of drug-likeness (QED) is 0.691. The minimum Gasteiger partial charge on any atom is -0.460 e. The van der Waals surface area contributed by atoms with E-state index in [4.69, 9.17) is 21.3 Å². The lowest BCUT2D eigenvalue weighted by atomic mass is 10.2. The first-order valence-corrected chi connectivity index (χ1v) is 4.72. The van der Waals surface area contributed by atoms with E-state index in [1.165, 1.54) is 0 Å². The Morgan fingerprint density at radius 3 is 2.67 bits per heavy atom. The van der Waals surface area contributed by atoms with Crippen LogP contribution in [-0.2, 0) is 0 Å². The summed E-state index contributed by atoms with van der Waals surface area (Å²) in [5.74, 6) is 1.46. The molecule has 0 aliphatic carbocycles. The molecule has 0 amide bonds. The number of aryl methyl sites for hydroxylation is 1. The lowest BCUT2D eigenvalue weighted by Crippen LogP contribution is -1.85.